The van der Waals surface area contributed by atoms with E-state index in [1.54, 1.807) is 0 Å². The van der Waals surface area contributed by atoms with Gasteiger partial charge in [0, 0.05) is 68.5 Å². The number of amides is 3. The summed E-state index contributed by atoms with van der Waals surface area (Å²) in [7, 11) is 0. The SMILES string of the molecule is CC(C)(CN1CCN(C(=O)c2ccccc2)CC1)N1CCC(NC(=O)CNC(=O)c2cccc(C(F)(F)F)c2)C1. The molecule has 11 heteroatoms. The Morgan fingerprint density at radius 1 is 0.900 bits per heavy atom. The predicted octanol–water partition coefficient (Wildman–Crippen LogP) is 2.86. The van der Waals surface area contributed by atoms with Crippen LogP contribution >= 0.6 is 0 Å². The van der Waals surface area contributed by atoms with E-state index in [1.807, 2.05) is 35.2 Å². The van der Waals surface area contributed by atoms with Crippen molar-refractivity contribution >= 4 is 17.7 Å². The van der Waals surface area contributed by atoms with Gasteiger partial charge in [-0.15, -0.1) is 0 Å². The van der Waals surface area contributed by atoms with Crippen LogP contribution in [0.1, 0.15) is 46.5 Å². The standard InChI is InChI=1S/C29H36F3N5O3/c1-28(2,20-35-13-15-36(16-14-35)27(40)21-7-4-3-5-8-21)37-12-11-24(19-37)34-25(38)18-33-26(39)22-9-6-10-23(17-22)29(30,31)32/h3-10,17,24H,11-16,18-20H2,1-2H3,(H,33,39)(H,34,38). The zero-order valence-electron chi connectivity index (χ0n) is 22.8. The fourth-order valence-corrected chi connectivity index (χ4v) is 5.33. The maximum absolute atomic E-state index is 12.9. The van der Waals surface area contributed by atoms with Gasteiger partial charge in [-0.1, -0.05) is 24.3 Å². The van der Waals surface area contributed by atoms with Gasteiger partial charge in [0.25, 0.3) is 11.8 Å². The average Bonchev–Trinajstić information content (AvgIpc) is 3.41. The number of nitrogens with zero attached hydrogens (tertiary/aromatic N) is 3. The monoisotopic (exact) mass is 559 g/mol. The van der Waals surface area contributed by atoms with Gasteiger partial charge in [-0.3, -0.25) is 24.2 Å². The molecule has 216 valence electrons. The second kappa shape index (κ2) is 12.4. The lowest BCUT2D eigenvalue weighted by Gasteiger charge is -2.43. The van der Waals surface area contributed by atoms with Crippen LogP contribution in [0, 0.1) is 0 Å². The Morgan fingerprint density at radius 3 is 2.25 bits per heavy atom. The van der Waals surface area contributed by atoms with Gasteiger partial charge in [0.15, 0.2) is 0 Å². The van der Waals surface area contributed by atoms with E-state index in [2.05, 4.69) is 34.3 Å². The third kappa shape index (κ3) is 7.60. The number of hydrogen-bond acceptors (Lipinski definition) is 5. The van der Waals surface area contributed by atoms with Crippen molar-refractivity contribution in [3.63, 3.8) is 0 Å². The Morgan fingerprint density at radius 2 is 1.57 bits per heavy atom. The summed E-state index contributed by atoms with van der Waals surface area (Å²) in [5.74, 6) is -1.06. The first-order valence-electron chi connectivity index (χ1n) is 13.5. The largest absolute Gasteiger partial charge is 0.416 e. The number of nitrogens with one attached hydrogen (secondary N) is 2. The highest BCUT2D eigenvalue weighted by molar-refractivity contribution is 5.96. The molecule has 2 aromatic carbocycles. The molecule has 3 amide bonds. The normalized spacial score (nSPS) is 18.9. The first-order chi connectivity index (χ1) is 18.9. The lowest BCUT2D eigenvalue weighted by Crippen LogP contribution is -2.56. The molecule has 0 aromatic heterocycles. The fraction of sp³-hybridized carbons (Fsp3) is 0.483. The summed E-state index contributed by atoms with van der Waals surface area (Å²) in [6, 6.07) is 13.3. The third-order valence-electron chi connectivity index (χ3n) is 7.56. The molecule has 0 bridgehead atoms. The quantitative estimate of drug-likeness (QED) is 0.520. The minimum absolute atomic E-state index is 0.0589. The number of carbonyl (C=O) groups is 3. The first-order valence-corrected chi connectivity index (χ1v) is 13.5. The van der Waals surface area contributed by atoms with Crippen molar-refractivity contribution in [2.75, 3.05) is 52.4 Å². The Kier molecular flexibility index (Phi) is 9.15. The molecule has 1 unspecified atom stereocenters. The van der Waals surface area contributed by atoms with Gasteiger partial charge in [0.2, 0.25) is 5.91 Å². The zero-order valence-corrected chi connectivity index (χ0v) is 22.8. The van der Waals surface area contributed by atoms with Gasteiger partial charge in [0.05, 0.1) is 12.1 Å². The van der Waals surface area contributed by atoms with Crippen LogP contribution in [0.15, 0.2) is 54.6 Å². The Hall–Kier alpha value is -3.44. The summed E-state index contributed by atoms with van der Waals surface area (Å²) in [5, 5.41) is 5.33. The summed E-state index contributed by atoms with van der Waals surface area (Å²) in [5.41, 5.74) is -0.512. The zero-order chi connectivity index (χ0) is 28.9. The summed E-state index contributed by atoms with van der Waals surface area (Å²) in [4.78, 5) is 44.1. The molecule has 2 heterocycles. The van der Waals surface area contributed by atoms with Crippen LogP contribution in [0.4, 0.5) is 13.2 Å². The van der Waals surface area contributed by atoms with Crippen molar-refractivity contribution in [3.8, 4) is 0 Å². The van der Waals surface area contributed by atoms with E-state index in [9.17, 15) is 27.6 Å². The average molecular weight is 560 g/mol. The van der Waals surface area contributed by atoms with Crippen molar-refractivity contribution in [1.29, 1.82) is 0 Å². The van der Waals surface area contributed by atoms with Crippen LogP contribution in [-0.2, 0) is 11.0 Å². The summed E-state index contributed by atoms with van der Waals surface area (Å²) in [6.07, 6.45) is -3.79. The van der Waals surface area contributed by atoms with Crippen LogP contribution in [0.2, 0.25) is 0 Å². The minimum Gasteiger partial charge on any atom is -0.350 e. The van der Waals surface area contributed by atoms with Crippen LogP contribution in [0.25, 0.3) is 0 Å². The summed E-state index contributed by atoms with van der Waals surface area (Å²) >= 11 is 0. The van der Waals surface area contributed by atoms with Crippen LogP contribution in [0.5, 0.6) is 0 Å². The second-order valence-electron chi connectivity index (χ2n) is 11.0. The fourth-order valence-electron chi connectivity index (χ4n) is 5.33. The highest BCUT2D eigenvalue weighted by atomic mass is 19.4. The van der Waals surface area contributed by atoms with E-state index < -0.39 is 17.6 Å². The van der Waals surface area contributed by atoms with Crippen LogP contribution < -0.4 is 10.6 Å². The minimum atomic E-state index is -4.55. The van der Waals surface area contributed by atoms with E-state index in [0.717, 1.165) is 50.8 Å². The molecular weight excluding hydrogens is 523 g/mol. The van der Waals surface area contributed by atoms with Crippen molar-refractivity contribution in [1.82, 2.24) is 25.3 Å². The molecule has 0 spiro atoms. The summed E-state index contributed by atoms with van der Waals surface area (Å²) in [6.45, 7) is 9.26. The Labute approximate surface area is 232 Å². The van der Waals surface area contributed by atoms with E-state index in [1.165, 1.54) is 6.07 Å². The number of alkyl halides is 3. The molecule has 4 rings (SSSR count). The molecule has 8 nitrogen and oxygen atoms in total. The lowest BCUT2D eigenvalue weighted by molar-refractivity contribution is -0.137. The van der Waals surface area contributed by atoms with E-state index in [0.29, 0.717) is 25.2 Å². The topological polar surface area (TPSA) is 85.0 Å². The second-order valence-corrected chi connectivity index (χ2v) is 11.0. The summed E-state index contributed by atoms with van der Waals surface area (Å²) < 4.78 is 38.7. The molecule has 40 heavy (non-hydrogen) atoms. The van der Waals surface area contributed by atoms with Gasteiger partial charge >= 0.3 is 6.18 Å². The molecule has 2 N–H and O–H groups in total. The van der Waals surface area contributed by atoms with Crippen molar-refractivity contribution in [2.45, 2.75) is 38.0 Å². The highest BCUT2D eigenvalue weighted by Gasteiger charge is 2.36. The number of hydrogen-bond donors (Lipinski definition) is 2. The number of benzene rings is 2. The van der Waals surface area contributed by atoms with Gasteiger partial charge in [-0.05, 0) is 50.6 Å². The molecule has 2 aromatic rings. The highest BCUT2D eigenvalue weighted by Crippen LogP contribution is 2.29. The number of likely N-dealkylation sites (tertiary alicyclic amines) is 1. The van der Waals surface area contributed by atoms with Crippen LogP contribution in [-0.4, -0.2) is 96.4 Å². The molecule has 0 aliphatic carbocycles. The van der Waals surface area contributed by atoms with Gasteiger partial charge in [0.1, 0.15) is 0 Å². The van der Waals surface area contributed by atoms with Crippen molar-refractivity contribution in [2.24, 2.45) is 0 Å². The number of carbonyl (C=O) groups excluding carboxylic acids is 3. The molecule has 0 saturated carbocycles. The Balaban J connectivity index is 1.19. The van der Waals surface area contributed by atoms with Gasteiger partial charge in [-0.25, -0.2) is 0 Å². The first kappa shape index (κ1) is 29.5. The number of piperazine rings is 1. The Bertz CT molecular complexity index is 1200. The van der Waals surface area contributed by atoms with Gasteiger partial charge < -0.3 is 15.5 Å². The molecule has 2 fully saturated rings. The molecule has 2 aliphatic heterocycles. The van der Waals surface area contributed by atoms with E-state index >= 15 is 0 Å². The number of halogens is 3. The maximum Gasteiger partial charge on any atom is 0.416 e. The van der Waals surface area contributed by atoms with E-state index in [-0.39, 0.29) is 35.5 Å². The molecule has 2 aliphatic rings. The molecule has 2 saturated heterocycles. The van der Waals surface area contributed by atoms with E-state index in [4.69, 9.17) is 0 Å². The van der Waals surface area contributed by atoms with Gasteiger partial charge in [-0.2, -0.15) is 13.2 Å². The molecule has 0 radical (unpaired) electrons. The lowest BCUT2D eigenvalue weighted by atomic mass is 10.0. The molecular formula is C29H36F3N5O3. The van der Waals surface area contributed by atoms with Crippen LogP contribution in [0.3, 0.4) is 0 Å². The predicted molar refractivity (Wildman–Crippen MR) is 145 cm³/mol. The van der Waals surface area contributed by atoms with Crippen molar-refractivity contribution in [3.05, 3.63) is 71.3 Å². The number of rotatable bonds is 8. The van der Waals surface area contributed by atoms with Crippen molar-refractivity contribution < 1.29 is 27.6 Å². The smallest absolute Gasteiger partial charge is 0.350 e. The molecule has 1 atom stereocenters. The third-order valence-corrected chi connectivity index (χ3v) is 7.56. The maximum atomic E-state index is 12.9.